The number of ether oxygens (including phenoxy) is 4. The fraction of sp³-hybridized carbons (Fsp3) is 0.294. The Labute approximate surface area is 134 Å². The summed E-state index contributed by atoms with van der Waals surface area (Å²) in [4.78, 5) is 0. The number of halogens is 1. The monoisotopic (exact) mass is 320 g/mol. The molecule has 0 bridgehead atoms. The molecule has 0 amide bonds. The van der Waals surface area contributed by atoms with Gasteiger partial charge in [0.05, 0.1) is 13.2 Å². The van der Waals surface area contributed by atoms with Crippen LogP contribution in [0.15, 0.2) is 48.5 Å². The largest absolute Gasteiger partial charge is 0.490 e. The fourth-order valence-corrected chi connectivity index (χ4v) is 2.25. The van der Waals surface area contributed by atoms with E-state index in [1.165, 1.54) is 0 Å². The molecule has 0 radical (unpaired) electrons. The van der Waals surface area contributed by atoms with Crippen molar-refractivity contribution < 1.29 is 18.9 Å². The first-order chi connectivity index (χ1) is 10.8. The van der Waals surface area contributed by atoms with Crippen LogP contribution in [0.3, 0.4) is 0 Å². The van der Waals surface area contributed by atoms with Crippen LogP contribution in [0.5, 0.6) is 11.5 Å². The molecule has 1 aliphatic heterocycles. The molecule has 0 saturated carbocycles. The van der Waals surface area contributed by atoms with Crippen LogP contribution in [-0.4, -0.2) is 26.4 Å². The Balaban J connectivity index is 1.42. The average Bonchev–Trinajstić information content (AvgIpc) is 3.08. The Morgan fingerprint density at radius 3 is 1.86 bits per heavy atom. The molecule has 5 heteroatoms. The van der Waals surface area contributed by atoms with Gasteiger partial charge >= 0.3 is 0 Å². The summed E-state index contributed by atoms with van der Waals surface area (Å²) in [5.74, 6) is 1.57. The smallest absolute Gasteiger partial charge is 0.184 e. The van der Waals surface area contributed by atoms with Gasteiger partial charge in [0, 0.05) is 10.6 Å². The summed E-state index contributed by atoms with van der Waals surface area (Å²) in [7, 11) is 0. The number of hydrogen-bond acceptors (Lipinski definition) is 4. The highest BCUT2D eigenvalue weighted by molar-refractivity contribution is 6.30. The highest BCUT2D eigenvalue weighted by Gasteiger charge is 2.17. The van der Waals surface area contributed by atoms with E-state index in [-0.39, 0.29) is 6.29 Å². The van der Waals surface area contributed by atoms with E-state index in [1.54, 1.807) is 12.1 Å². The van der Waals surface area contributed by atoms with Gasteiger partial charge in [-0.05, 0) is 36.4 Å². The Morgan fingerprint density at radius 2 is 1.32 bits per heavy atom. The van der Waals surface area contributed by atoms with Crippen molar-refractivity contribution in [2.75, 3.05) is 26.4 Å². The van der Waals surface area contributed by atoms with Crippen molar-refractivity contribution in [2.24, 2.45) is 0 Å². The SMILES string of the molecule is Clc1ccc(OCCOc2ccc(C3OCCO3)cc2)cc1. The minimum Gasteiger partial charge on any atom is -0.490 e. The van der Waals surface area contributed by atoms with Gasteiger partial charge in [-0.15, -0.1) is 0 Å². The summed E-state index contributed by atoms with van der Waals surface area (Å²) in [6.45, 7) is 2.23. The van der Waals surface area contributed by atoms with Crippen LogP contribution in [0.25, 0.3) is 0 Å². The Hall–Kier alpha value is -1.75. The molecule has 2 aromatic carbocycles. The highest BCUT2D eigenvalue weighted by Crippen LogP contribution is 2.25. The second-order valence-corrected chi connectivity index (χ2v) is 5.23. The van der Waals surface area contributed by atoms with Crippen molar-refractivity contribution in [1.82, 2.24) is 0 Å². The molecular weight excluding hydrogens is 304 g/mol. The topological polar surface area (TPSA) is 36.9 Å². The Morgan fingerprint density at radius 1 is 0.818 bits per heavy atom. The fourth-order valence-electron chi connectivity index (χ4n) is 2.12. The maximum Gasteiger partial charge on any atom is 0.184 e. The van der Waals surface area contributed by atoms with Crippen molar-refractivity contribution in [1.29, 1.82) is 0 Å². The summed E-state index contributed by atoms with van der Waals surface area (Å²) >= 11 is 5.81. The van der Waals surface area contributed by atoms with Crippen molar-refractivity contribution in [3.8, 4) is 11.5 Å². The normalized spacial score (nSPS) is 15.0. The predicted octanol–water partition coefficient (Wildman–Crippen LogP) is 3.84. The zero-order chi connectivity index (χ0) is 15.2. The van der Waals surface area contributed by atoms with Crippen LogP contribution in [-0.2, 0) is 9.47 Å². The quantitative estimate of drug-likeness (QED) is 0.758. The molecule has 3 rings (SSSR count). The summed E-state index contributed by atoms with van der Waals surface area (Å²) in [5.41, 5.74) is 1.00. The van der Waals surface area contributed by atoms with Crippen LogP contribution in [0, 0.1) is 0 Å². The van der Waals surface area contributed by atoms with Crippen LogP contribution < -0.4 is 9.47 Å². The van der Waals surface area contributed by atoms with Gasteiger partial charge in [0.1, 0.15) is 24.7 Å². The zero-order valence-corrected chi connectivity index (χ0v) is 12.8. The van der Waals surface area contributed by atoms with Crippen LogP contribution >= 0.6 is 11.6 Å². The van der Waals surface area contributed by atoms with E-state index in [0.717, 1.165) is 17.1 Å². The standard InChI is InChI=1S/C17H17ClO4/c18-14-3-7-16(8-4-14)20-10-9-19-15-5-1-13(2-6-15)17-21-11-12-22-17/h1-8,17H,9-12H2. The molecule has 0 N–H and O–H groups in total. The number of rotatable bonds is 6. The molecule has 1 aliphatic rings. The maximum absolute atomic E-state index is 5.81. The molecule has 1 heterocycles. The van der Waals surface area contributed by atoms with Gasteiger partial charge in [-0.1, -0.05) is 23.7 Å². The second kappa shape index (κ2) is 7.49. The van der Waals surface area contributed by atoms with E-state index in [9.17, 15) is 0 Å². The first-order valence-corrected chi connectivity index (χ1v) is 7.53. The van der Waals surface area contributed by atoms with Gasteiger partial charge in [-0.2, -0.15) is 0 Å². The molecule has 0 aliphatic carbocycles. The lowest BCUT2D eigenvalue weighted by Gasteiger charge is -2.11. The molecule has 0 unspecified atom stereocenters. The third-order valence-corrected chi connectivity index (χ3v) is 3.46. The molecule has 1 saturated heterocycles. The molecule has 4 nitrogen and oxygen atoms in total. The van der Waals surface area contributed by atoms with E-state index >= 15 is 0 Å². The molecule has 1 fully saturated rings. The minimum absolute atomic E-state index is 0.248. The Bertz CT molecular complexity index is 577. The summed E-state index contributed by atoms with van der Waals surface area (Å²) in [6, 6.07) is 15.0. The summed E-state index contributed by atoms with van der Waals surface area (Å²) < 4.78 is 22.1. The van der Waals surface area contributed by atoms with Gasteiger partial charge in [0.2, 0.25) is 0 Å². The van der Waals surface area contributed by atoms with Crippen molar-refractivity contribution in [2.45, 2.75) is 6.29 Å². The van der Waals surface area contributed by atoms with Crippen molar-refractivity contribution in [3.05, 3.63) is 59.1 Å². The van der Waals surface area contributed by atoms with Gasteiger partial charge in [0.25, 0.3) is 0 Å². The predicted molar refractivity (Wildman–Crippen MR) is 83.5 cm³/mol. The lowest BCUT2D eigenvalue weighted by atomic mass is 10.2. The van der Waals surface area contributed by atoms with Crippen LogP contribution in [0.2, 0.25) is 5.02 Å². The van der Waals surface area contributed by atoms with Gasteiger partial charge in [-0.3, -0.25) is 0 Å². The molecule has 0 spiro atoms. The first-order valence-electron chi connectivity index (χ1n) is 7.15. The van der Waals surface area contributed by atoms with Gasteiger partial charge in [0.15, 0.2) is 6.29 Å². The third-order valence-electron chi connectivity index (χ3n) is 3.21. The lowest BCUT2D eigenvalue weighted by molar-refractivity contribution is -0.0441. The number of hydrogen-bond donors (Lipinski definition) is 0. The van der Waals surface area contributed by atoms with E-state index in [0.29, 0.717) is 31.5 Å². The third kappa shape index (κ3) is 4.13. The van der Waals surface area contributed by atoms with Crippen LogP contribution in [0.1, 0.15) is 11.9 Å². The van der Waals surface area contributed by atoms with Gasteiger partial charge in [-0.25, -0.2) is 0 Å². The van der Waals surface area contributed by atoms with E-state index < -0.39 is 0 Å². The molecule has 22 heavy (non-hydrogen) atoms. The van der Waals surface area contributed by atoms with E-state index in [4.69, 9.17) is 30.5 Å². The maximum atomic E-state index is 5.81. The van der Waals surface area contributed by atoms with Crippen LogP contribution in [0.4, 0.5) is 0 Å². The van der Waals surface area contributed by atoms with E-state index in [2.05, 4.69) is 0 Å². The van der Waals surface area contributed by atoms with Crippen molar-refractivity contribution >= 4 is 11.6 Å². The molecule has 0 atom stereocenters. The lowest BCUT2D eigenvalue weighted by Crippen LogP contribution is -2.09. The van der Waals surface area contributed by atoms with E-state index in [1.807, 2.05) is 36.4 Å². The Kier molecular flexibility index (Phi) is 5.16. The zero-order valence-electron chi connectivity index (χ0n) is 12.0. The number of benzene rings is 2. The minimum atomic E-state index is -0.248. The highest BCUT2D eigenvalue weighted by atomic mass is 35.5. The van der Waals surface area contributed by atoms with Crippen molar-refractivity contribution in [3.63, 3.8) is 0 Å². The first kappa shape index (κ1) is 15.2. The molecule has 116 valence electrons. The second-order valence-electron chi connectivity index (χ2n) is 4.79. The molecular formula is C17H17ClO4. The summed E-state index contributed by atoms with van der Waals surface area (Å²) in [5, 5.41) is 0.693. The molecule has 2 aromatic rings. The van der Waals surface area contributed by atoms with Gasteiger partial charge < -0.3 is 18.9 Å². The average molecular weight is 321 g/mol. The summed E-state index contributed by atoms with van der Waals surface area (Å²) in [6.07, 6.45) is -0.248. The molecule has 0 aromatic heterocycles.